The number of sulfonamides is 1. The van der Waals surface area contributed by atoms with E-state index >= 15 is 0 Å². The Balaban J connectivity index is 1.28. The molecule has 1 aromatic carbocycles. The Hall–Kier alpha value is -3.64. The number of nitrogens with zero attached hydrogens (tertiary/aromatic N) is 7. The molecular weight excluding hydrogens is 458 g/mol. The van der Waals surface area contributed by atoms with E-state index in [-0.39, 0.29) is 29.6 Å². The van der Waals surface area contributed by atoms with Crippen molar-refractivity contribution in [2.24, 2.45) is 0 Å². The van der Waals surface area contributed by atoms with Crippen LogP contribution in [0.5, 0.6) is 0 Å². The highest BCUT2D eigenvalue weighted by molar-refractivity contribution is 7.89. The maximum absolute atomic E-state index is 13.2. The lowest BCUT2D eigenvalue weighted by atomic mass is 10.3. The number of anilines is 2. The van der Waals surface area contributed by atoms with Gasteiger partial charge in [-0.15, -0.1) is 0 Å². The van der Waals surface area contributed by atoms with Crippen LogP contribution in [0, 0.1) is 6.92 Å². The average molecular weight is 482 g/mol. The summed E-state index contributed by atoms with van der Waals surface area (Å²) in [5, 5.41) is 0. The molecule has 3 aromatic rings. The van der Waals surface area contributed by atoms with Crippen molar-refractivity contribution in [3.63, 3.8) is 0 Å². The summed E-state index contributed by atoms with van der Waals surface area (Å²) in [6.45, 7) is 3.45. The Morgan fingerprint density at radius 3 is 2.12 bits per heavy atom. The summed E-state index contributed by atoms with van der Waals surface area (Å²) >= 11 is 0. The maximum Gasteiger partial charge on any atom is 0.243 e. The molecule has 0 spiro atoms. The van der Waals surface area contributed by atoms with Crippen LogP contribution in [0.1, 0.15) is 18.7 Å². The molecule has 0 saturated carbocycles. The van der Waals surface area contributed by atoms with Gasteiger partial charge in [0.1, 0.15) is 23.8 Å². The minimum atomic E-state index is -3.71. The quantitative estimate of drug-likeness (QED) is 0.497. The van der Waals surface area contributed by atoms with Crippen LogP contribution >= 0.6 is 0 Å². The number of amides is 2. The third-order valence-electron chi connectivity index (χ3n) is 6.06. The second-order valence-electron chi connectivity index (χ2n) is 8.09. The molecule has 176 valence electrons. The summed E-state index contributed by atoms with van der Waals surface area (Å²) in [5.41, 5.74) is 0.393. The first-order chi connectivity index (χ1) is 16.3. The molecule has 0 unspecified atom stereocenters. The Morgan fingerprint density at radius 2 is 1.50 bits per heavy atom. The molecule has 0 atom stereocenters. The number of imidazole rings is 1. The van der Waals surface area contributed by atoms with E-state index in [1.54, 1.807) is 6.20 Å². The maximum atomic E-state index is 13.2. The molecule has 11 nitrogen and oxygen atoms in total. The topological polar surface area (TPSA) is 122 Å². The van der Waals surface area contributed by atoms with Gasteiger partial charge in [-0.25, -0.2) is 23.4 Å². The zero-order valence-corrected chi connectivity index (χ0v) is 19.3. The van der Waals surface area contributed by atoms with E-state index in [0.29, 0.717) is 37.7 Å². The molecule has 0 radical (unpaired) electrons. The molecule has 2 fully saturated rings. The number of carbonyl (C=O) groups excluding carboxylic acids is 2. The molecule has 2 saturated heterocycles. The van der Waals surface area contributed by atoms with Gasteiger partial charge in [0.05, 0.1) is 10.6 Å². The molecule has 0 aliphatic carbocycles. The predicted octanol–water partition coefficient (Wildman–Crippen LogP) is 1.14. The molecule has 4 heterocycles. The largest absolute Gasteiger partial charge is 0.354 e. The summed E-state index contributed by atoms with van der Waals surface area (Å²) in [6, 6.07) is 7.76. The number of piperazine rings is 1. The molecule has 2 aromatic heterocycles. The molecule has 0 bridgehead atoms. The van der Waals surface area contributed by atoms with Gasteiger partial charge in [-0.1, -0.05) is 0 Å². The lowest BCUT2D eigenvalue weighted by Gasteiger charge is -2.34. The van der Waals surface area contributed by atoms with Crippen LogP contribution in [0.15, 0.2) is 53.9 Å². The van der Waals surface area contributed by atoms with Gasteiger partial charge in [0, 0.05) is 57.5 Å². The monoisotopic (exact) mass is 481 g/mol. The van der Waals surface area contributed by atoms with Crippen LogP contribution < -0.4 is 9.80 Å². The van der Waals surface area contributed by atoms with E-state index in [4.69, 9.17) is 0 Å². The number of carbonyl (C=O) groups is 2. The third-order valence-corrected chi connectivity index (χ3v) is 7.97. The van der Waals surface area contributed by atoms with E-state index in [1.807, 2.05) is 28.7 Å². The minimum Gasteiger partial charge on any atom is -0.354 e. The van der Waals surface area contributed by atoms with E-state index in [1.165, 1.54) is 34.9 Å². The zero-order valence-electron chi connectivity index (χ0n) is 18.5. The summed E-state index contributed by atoms with van der Waals surface area (Å²) in [4.78, 5) is 40.0. The van der Waals surface area contributed by atoms with Crippen LogP contribution in [0.25, 0.3) is 5.82 Å². The molecule has 0 N–H and O–H groups in total. The van der Waals surface area contributed by atoms with Crippen molar-refractivity contribution < 1.29 is 18.0 Å². The van der Waals surface area contributed by atoms with E-state index in [0.717, 1.165) is 16.5 Å². The fourth-order valence-corrected chi connectivity index (χ4v) is 5.62. The predicted molar refractivity (Wildman–Crippen MR) is 123 cm³/mol. The van der Waals surface area contributed by atoms with Gasteiger partial charge in [0.25, 0.3) is 0 Å². The van der Waals surface area contributed by atoms with Crippen molar-refractivity contribution in [2.45, 2.75) is 24.7 Å². The average Bonchev–Trinajstić information content (AvgIpc) is 3.43. The van der Waals surface area contributed by atoms with Crippen LogP contribution in [0.4, 0.5) is 11.5 Å². The number of imide groups is 1. The first-order valence-corrected chi connectivity index (χ1v) is 12.3. The van der Waals surface area contributed by atoms with Crippen molar-refractivity contribution in [2.75, 3.05) is 36.0 Å². The second-order valence-corrected chi connectivity index (χ2v) is 10.0. The van der Waals surface area contributed by atoms with Gasteiger partial charge in [-0.3, -0.25) is 19.1 Å². The van der Waals surface area contributed by atoms with E-state index in [2.05, 4.69) is 15.0 Å². The van der Waals surface area contributed by atoms with Gasteiger partial charge in [0.15, 0.2) is 0 Å². The summed E-state index contributed by atoms with van der Waals surface area (Å²) < 4.78 is 29.6. The summed E-state index contributed by atoms with van der Waals surface area (Å²) in [7, 11) is -3.71. The molecule has 5 rings (SSSR count). The SMILES string of the molecule is Cc1nccn1-c1cc(N2CCN(S(=O)(=O)c3ccc(N4C(=O)CCC4=O)cc3)CC2)ncn1. The van der Waals surface area contributed by atoms with Crippen LogP contribution in [0.3, 0.4) is 0 Å². The van der Waals surface area contributed by atoms with Crippen LogP contribution in [-0.4, -0.2) is 70.2 Å². The van der Waals surface area contributed by atoms with Crippen molar-refractivity contribution in [1.82, 2.24) is 23.8 Å². The minimum absolute atomic E-state index is 0.128. The Kier molecular flexibility index (Phi) is 5.62. The van der Waals surface area contributed by atoms with Crippen molar-refractivity contribution in [1.29, 1.82) is 0 Å². The molecular formula is C22H23N7O4S. The van der Waals surface area contributed by atoms with Gasteiger partial charge >= 0.3 is 0 Å². The lowest BCUT2D eigenvalue weighted by Crippen LogP contribution is -2.49. The third kappa shape index (κ3) is 3.94. The standard InChI is InChI=1S/C22H23N7O4S/c1-16-23-8-9-28(16)20-14-19(24-15-25-20)26-10-12-27(13-11-26)34(32,33)18-4-2-17(3-5-18)29-21(30)6-7-22(29)31/h2-5,8-9,14-15H,6-7,10-13H2,1H3. The molecule has 2 amide bonds. The number of hydrogen-bond donors (Lipinski definition) is 0. The highest BCUT2D eigenvalue weighted by atomic mass is 32.2. The van der Waals surface area contributed by atoms with Crippen molar-refractivity contribution in [3.8, 4) is 5.82 Å². The molecule has 2 aliphatic rings. The normalized spacial score (nSPS) is 17.6. The Bertz CT molecular complexity index is 1330. The smallest absolute Gasteiger partial charge is 0.243 e. The van der Waals surface area contributed by atoms with Crippen LogP contribution in [-0.2, 0) is 19.6 Å². The van der Waals surface area contributed by atoms with Crippen molar-refractivity contribution in [3.05, 3.63) is 54.9 Å². The number of aryl methyl sites for hydroxylation is 1. The van der Waals surface area contributed by atoms with Gasteiger partial charge in [-0.05, 0) is 31.2 Å². The number of benzene rings is 1. The van der Waals surface area contributed by atoms with E-state index < -0.39 is 10.0 Å². The Labute approximate surface area is 196 Å². The summed E-state index contributed by atoms with van der Waals surface area (Å²) in [5.74, 6) is 1.69. The highest BCUT2D eigenvalue weighted by Gasteiger charge is 2.32. The molecule has 2 aliphatic heterocycles. The molecule has 34 heavy (non-hydrogen) atoms. The second kappa shape index (κ2) is 8.61. The number of rotatable bonds is 5. The lowest BCUT2D eigenvalue weighted by molar-refractivity contribution is -0.121. The highest BCUT2D eigenvalue weighted by Crippen LogP contribution is 2.26. The van der Waals surface area contributed by atoms with Gasteiger partial charge in [0.2, 0.25) is 21.8 Å². The van der Waals surface area contributed by atoms with Gasteiger partial charge in [-0.2, -0.15) is 4.31 Å². The number of hydrogen-bond acceptors (Lipinski definition) is 8. The van der Waals surface area contributed by atoms with E-state index in [9.17, 15) is 18.0 Å². The molecule has 12 heteroatoms. The fourth-order valence-electron chi connectivity index (χ4n) is 4.20. The zero-order chi connectivity index (χ0) is 23.9. The first kappa shape index (κ1) is 22.2. The van der Waals surface area contributed by atoms with Crippen LogP contribution in [0.2, 0.25) is 0 Å². The van der Waals surface area contributed by atoms with Crippen molar-refractivity contribution >= 4 is 33.3 Å². The number of aromatic nitrogens is 4. The van der Waals surface area contributed by atoms with Gasteiger partial charge < -0.3 is 4.90 Å². The summed E-state index contributed by atoms with van der Waals surface area (Å²) in [6.07, 6.45) is 5.38. The first-order valence-electron chi connectivity index (χ1n) is 10.9. The Morgan fingerprint density at radius 1 is 0.853 bits per heavy atom. The fraction of sp³-hybridized carbons (Fsp3) is 0.318.